The van der Waals surface area contributed by atoms with E-state index in [0.717, 1.165) is 21.2 Å². The van der Waals surface area contributed by atoms with Gasteiger partial charge >= 0.3 is 0 Å². The first-order valence-corrected chi connectivity index (χ1v) is 10.2. The van der Waals surface area contributed by atoms with Crippen LogP contribution in [0.25, 0.3) is 16.2 Å². The molecule has 6 heteroatoms. The van der Waals surface area contributed by atoms with Gasteiger partial charge in [0, 0.05) is 21.2 Å². The molecule has 0 spiro atoms. The molecule has 0 aliphatic heterocycles. The molecule has 1 aliphatic rings. The molecule has 0 N–H and O–H groups in total. The first kappa shape index (κ1) is 16.1. The summed E-state index contributed by atoms with van der Waals surface area (Å²) in [5.41, 5.74) is 3.58. The van der Waals surface area contributed by atoms with Gasteiger partial charge in [0.05, 0.1) is 5.69 Å². The van der Waals surface area contributed by atoms with Crippen molar-refractivity contribution in [3.63, 3.8) is 0 Å². The predicted octanol–water partition coefficient (Wildman–Crippen LogP) is 4.87. The van der Waals surface area contributed by atoms with Crippen molar-refractivity contribution in [3.8, 4) is 5.95 Å². The van der Waals surface area contributed by atoms with E-state index in [-0.39, 0.29) is 0 Å². The minimum Gasteiger partial charge on any atom is -0.204 e. The summed E-state index contributed by atoms with van der Waals surface area (Å²) < 4.78 is 1.87. The molecule has 3 aromatic rings. The highest BCUT2D eigenvalue weighted by molar-refractivity contribution is 8.00. The fourth-order valence-electron chi connectivity index (χ4n) is 3.35. The lowest BCUT2D eigenvalue weighted by atomic mass is 9.97. The summed E-state index contributed by atoms with van der Waals surface area (Å²) in [6, 6.07) is 2.07. The fraction of sp³-hybridized carbons (Fsp3) is 0.500. The molecule has 0 saturated heterocycles. The van der Waals surface area contributed by atoms with Crippen molar-refractivity contribution in [2.75, 3.05) is 0 Å². The number of rotatable bonds is 3. The molecule has 0 fully saturated rings. The molecule has 0 saturated carbocycles. The quantitative estimate of drug-likeness (QED) is 0.495. The molecule has 4 nitrogen and oxygen atoms in total. The number of fused-ring (bicyclic) bond motifs is 3. The summed E-state index contributed by atoms with van der Waals surface area (Å²) in [5, 5.41) is 7.50. The first-order valence-electron chi connectivity index (χ1n) is 8.55. The van der Waals surface area contributed by atoms with E-state index in [1.54, 1.807) is 0 Å². The zero-order chi connectivity index (χ0) is 16.8. The number of thioether (sulfide) groups is 1. The molecule has 24 heavy (non-hydrogen) atoms. The van der Waals surface area contributed by atoms with Crippen LogP contribution < -0.4 is 0 Å². The van der Waals surface area contributed by atoms with Gasteiger partial charge in [-0.2, -0.15) is 10.1 Å². The molecule has 3 aromatic heterocycles. The lowest BCUT2D eigenvalue weighted by Crippen LogP contribution is -2.07. The molecular formula is C18H22N4S2. The van der Waals surface area contributed by atoms with E-state index in [9.17, 15) is 0 Å². The summed E-state index contributed by atoms with van der Waals surface area (Å²) in [6.45, 7) is 8.51. The molecule has 1 aliphatic carbocycles. The Morgan fingerprint density at radius 3 is 2.67 bits per heavy atom. The Kier molecular flexibility index (Phi) is 4.12. The van der Waals surface area contributed by atoms with E-state index in [2.05, 4.69) is 31.9 Å². The summed E-state index contributed by atoms with van der Waals surface area (Å²) in [4.78, 5) is 12.5. The van der Waals surface area contributed by atoms with Gasteiger partial charge in [-0.1, -0.05) is 13.8 Å². The second-order valence-corrected chi connectivity index (χ2v) is 9.37. The third kappa shape index (κ3) is 2.75. The Bertz CT molecular complexity index is 908. The van der Waals surface area contributed by atoms with E-state index in [1.807, 2.05) is 34.7 Å². The summed E-state index contributed by atoms with van der Waals surface area (Å²) in [5.74, 6) is 0.704. The molecule has 4 rings (SSSR count). The van der Waals surface area contributed by atoms with Crippen LogP contribution in [-0.2, 0) is 12.8 Å². The molecule has 0 bridgehead atoms. The Labute approximate surface area is 150 Å². The van der Waals surface area contributed by atoms with E-state index in [1.165, 1.54) is 41.5 Å². The smallest absolute Gasteiger partial charge is 0.204 e. The fourth-order valence-corrected chi connectivity index (χ4v) is 5.59. The van der Waals surface area contributed by atoms with Crippen LogP contribution in [0.1, 0.15) is 48.5 Å². The molecular weight excluding hydrogens is 336 g/mol. The van der Waals surface area contributed by atoms with E-state index in [0.29, 0.717) is 11.2 Å². The maximum Gasteiger partial charge on any atom is 0.253 e. The summed E-state index contributed by atoms with van der Waals surface area (Å²) in [7, 11) is 0. The normalized spacial score (nSPS) is 14.5. The molecule has 0 amide bonds. The molecule has 0 unspecified atom stereocenters. The van der Waals surface area contributed by atoms with Crippen molar-refractivity contribution in [2.45, 2.75) is 63.7 Å². The monoisotopic (exact) mass is 358 g/mol. The van der Waals surface area contributed by atoms with Crippen LogP contribution in [0.3, 0.4) is 0 Å². The maximum absolute atomic E-state index is 4.92. The van der Waals surface area contributed by atoms with E-state index < -0.39 is 0 Å². The topological polar surface area (TPSA) is 43.6 Å². The van der Waals surface area contributed by atoms with Crippen LogP contribution in [0.5, 0.6) is 0 Å². The average Bonchev–Trinajstić information content (AvgIpc) is 3.05. The van der Waals surface area contributed by atoms with Crippen molar-refractivity contribution in [2.24, 2.45) is 0 Å². The van der Waals surface area contributed by atoms with Crippen molar-refractivity contribution in [1.82, 2.24) is 19.7 Å². The standard InChI is InChI=1S/C18H22N4S2/c1-10(2)23-16-15-13-7-5-6-8-14(13)24-17(15)20-18(19-16)22-12(4)9-11(3)21-22/h9-10H,5-8H2,1-4H3. The minimum absolute atomic E-state index is 0.496. The first-order chi connectivity index (χ1) is 11.5. The third-order valence-electron chi connectivity index (χ3n) is 4.32. The number of thiophene rings is 1. The molecule has 3 heterocycles. The Morgan fingerprint density at radius 2 is 1.96 bits per heavy atom. The van der Waals surface area contributed by atoms with Crippen molar-refractivity contribution < 1.29 is 0 Å². The van der Waals surface area contributed by atoms with Crippen molar-refractivity contribution >= 4 is 33.3 Å². The molecule has 0 atom stereocenters. The lowest BCUT2D eigenvalue weighted by Gasteiger charge is -2.13. The van der Waals surface area contributed by atoms with Gasteiger partial charge in [-0.05, 0) is 51.2 Å². The van der Waals surface area contributed by atoms with Crippen LogP contribution in [0.2, 0.25) is 0 Å². The lowest BCUT2D eigenvalue weighted by molar-refractivity contribution is 0.699. The zero-order valence-electron chi connectivity index (χ0n) is 14.6. The van der Waals surface area contributed by atoms with Crippen LogP contribution in [-0.4, -0.2) is 25.0 Å². The van der Waals surface area contributed by atoms with Gasteiger partial charge in [-0.25, -0.2) is 9.67 Å². The van der Waals surface area contributed by atoms with Crippen molar-refractivity contribution in [1.29, 1.82) is 0 Å². The van der Waals surface area contributed by atoms with E-state index >= 15 is 0 Å². The van der Waals surface area contributed by atoms with Gasteiger partial charge in [0.15, 0.2) is 0 Å². The molecule has 0 radical (unpaired) electrons. The van der Waals surface area contributed by atoms with Gasteiger partial charge in [-0.3, -0.25) is 0 Å². The van der Waals surface area contributed by atoms with Crippen LogP contribution in [0, 0.1) is 13.8 Å². The maximum atomic E-state index is 4.92. The van der Waals surface area contributed by atoms with E-state index in [4.69, 9.17) is 9.97 Å². The minimum atomic E-state index is 0.496. The Hall–Kier alpha value is -1.40. The average molecular weight is 359 g/mol. The second kappa shape index (κ2) is 6.15. The van der Waals surface area contributed by atoms with Crippen LogP contribution >= 0.6 is 23.1 Å². The number of hydrogen-bond acceptors (Lipinski definition) is 5. The summed E-state index contributed by atoms with van der Waals surface area (Å²) >= 11 is 3.70. The Morgan fingerprint density at radius 1 is 1.17 bits per heavy atom. The van der Waals surface area contributed by atoms with Crippen LogP contribution in [0.4, 0.5) is 0 Å². The van der Waals surface area contributed by atoms with Gasteiger partial charge in [0.25, 0.3) is 5.95 Å². The van der Waals surface area contributed by atoms with Crippen LogP contribution in [0.15, 0.2) is 11.1 Å². The highest BCUT2D eigenvalue weighted by Crippen LogP contribution is 2.40. The second-order valence-electron chi connectivity index (χ2n) is 6.73. The number of hydrogen-bond donors (Lipinski definition) is 0. The zero-order valence-corrected chi connectivity index (χ0v) is 16.2. The van der Waals surface area contributed by atoms with Crippen molar-refractivity contribution in [3.05, 3.63) is 27.9 Å². The summed E-state index contributed by atoms with van der Waals surface area (Å²) in [6.07, 6.45) is 4.94. The van der Waals surface area contributed by atoms with Gasteiger partial charge in [-0.15, -0.1) is 23.1 Å². The number of aromatic nitrogens is 4. The van der Waals surface area contributed by atoms with Gasteiger partial charge in [0.2, 0.25) is 0 Å². The highest BCUT2D eigenvalue weighted by Gasteiger charge is 2.22. The number of nitrogens with zero attached hydrogens (tertiary/aromatic N) is 4. The SMILES string of the molecule is Cc1cc(C)n(-c2nc(SC(C)C)c3c4c(sc3n2)CCCC4)n1. The highest BCUT2D eigenvalue weighted by atomic mass is 32.2. The van der Waals surface area contributed by atoms with Gasteiger partial charge in [0.1, 0.15) is 9.86 Å². The number of aryl methyl sites for hydroxylation is 4. The van der Waals surface area contributed by atoms with Gasteiger partial charge < -0.3 is 0 Å². The third-order valence-corrected chi connectivity index (χ3v) is 6.49. The largest absolute Gasteiger partial charge is 0.253 e. The molecule has 126 valence electrons. The molecule has 0 aromatic carbocycles. The predicted molar refractivity (Wildman–Crippen MR) is 102 cm³/mol. The Balaban J connectivity index is 1.95.